The summed E-state index contributed by atoms with van der Waals surface area (Å²) in [6.45, 7) is 4.29. The predicted octanol–water partition coefficient (Wildman–Crippen LogP) is 4.57. The Bertz CT molecular complexity index is 1110. The van der Waals surface area contributed by atoms with Crippen molar-refractivity contribution in [2.45, 2.75) is 51.1 Å². The molecule has 1 saturated carbocycles. The van der Waals surface area contributed by atoms with E-state index in [4.69, 9.17) is 16.6 Å². The number of nitrogens with one attached hydrogen (secondary N) is 1. The van der Waals surface area contributed by atoms with Crippen LogP contribution in [0.5, 0.6) is 0 Å². The van der Waals surface area contributed by atoms with Crippen molar-refractivity contribution in [1.82, 2.24) is 19.5 Å². The van der Waals surface area contributed by atoms with Crippen LogP contribution in [0, 0.1) is 5.92 Å². The van der Waals surface area contributed by atoms with Crippen molar-refractivity contribution in [2.24, 2.45) is 5.92 Å². The molecule has 5 rings (SSSR count). The molecule has 160 valence electrons. The number of rotatable bonds is 6. The molecule has 3 aromatic rings. The molecule has 0 unspecified atom stereocenters. The maximum Gasteiger partial charge on any atom is 0.228 e. The van der Waals surface area contributed by atoms with Gasteiger partial charge in [0.25, 0.3) is 0 Å². The van der Waals surface area contributed by atoms with Gasteiger partial charge >= 0.3 is 0 Å². The topological polar surface area (TPSA) is 75.9 Å². The summed E-state index contributed by atoms with van der Waals surface area (Å²) in [4.78, 5) is 28.1. The van der Waals surface area contributed by atoms with E-state index in [1.54, 1.807) is 6.20 Å². The minimum Gasteiger partial charge on any atom is -0.343 e. The third-order valence-corrected chi connectivity index (χ3v) is 6.46. The van der Waals surface area contributed by atoms with Gasteiger partial charge in [0.1, 0.15) is 5.82 Å². The standard InChI is InChI=1S/C23H25ClN6O/c1-15(2)18-7-8-21(31)30(18)20-9-12-25-22(27-20)28-23(10-11-23)19-13-29(14-26-19)17-5-3-16(24)4-6-17/h3-6,9,12-15,18H,7-8,10-11H2,1-2H3,(H,25,27,28)/t18-/m1/s1. The van der Waals surface area contributed by atoms with Crippen molar-refractivity contribution in [3.63, 3.8) is 0 Å². The average Bonchev–Trinajstić information content (AvgIpc) is 3.18. The van der Waals surface area contributed by atoms with E-state index >= 15 is 0 Å². The predicted molar refractivity (Wildman–Crippen MR) is 120 cm³/mol. The first-order valence-corrected chi connectivity index (χ1v) is 11.1. The van der Waals surface area contributed by atoms with Crippen molar-refractivity contribution in [1.29, 1.82) is 0 Å². The maximum absolute atomic E-state index is 12.5. The van der Waals surface area contributed by atoms with E-state index in [1.165, 1.54) is 0 Å². The number of benzene rings is 1. The van der Waals surface area contributed by atoms with E-state index in [2.05, 4.69) is 29.1 Å². The normalized spacial score (nSPS) is 19.8. The highest BCUT2D eigenvalue weighted by molar-refractivity contribution is 6.30. The summed E-state index contributed by atoms with van der Waals surface area (Å²) in [7, 11) is 0. The molecule has 2 aromatic heterocycles. The summed E-state index contributed by atoms with van der Waals surface area (Å²) < 4.78 is 1.99. The summed E-state index contributed by atoms with van der Waals surface area (Å²) in [6.07, 6.45) is 8.91. The number of halogens is 1. The fourth-order valence-corrected chi connectivity index (χ4v) is 4.41. The number of aromatic nitrogens is 4. The minimum atomic E-state index is -0.275. The molecule has 7 nitrogen and oxygen atoms in total. The van der Waals surface area contributed by atoms with Gasteiger partial charge in [0.2, 0.25) is 11.9 Å². The molecule has 2 aliphatic rings. The Morgan fingerprint density at radius 1 is 1.16 bits per heavy atom. The van der Waals surface area contributed by atoms with Gasteiger partial charge in [0.15, 0.2) is 0 Å². The number of carbonyl (C=O) groups is 1. The Hall–Kier alpha value is -2.93. The molecule has 1 aromatic carbocycles. The number of amides is 1. The molecule has 31 heavy (non-hydrogen) atoms. The first-order chi connectivity index (χ1) is 14.9. The average molecular weight is 437 g/mol. The maximum atomic E-state index is 12.5. The highest BCUT2D eigenvalue weighted by Gasteiger charge is 2.47. The van der Waals surface area contributed by atoms with Crippen LogP contribution < -0.4 is 10.2 Å². The van der Waals surface area contributed by atoms with E-state index in [-0.39, 0.29) is 17.5 Å². The Kier molecular flexibility index (Phi) is 4.93. The second kappa shape index (κ2) is 7.64. The van der Waals surface area contributed by atoms with Gasteiger partial charge in [0, 0.05) is 35.6 Å². The SMILES string of the molecule is CC(C)[C@H]1CCC(=O)N1c1ccnc(NC2(c3cn(-c4ccc(Cl)cc4)cn3)CC2)n1. The lowest BCUT2D eigenvalue weighted by atomic mass is 10.0. The van der Waals surface area contributed by atoms with Crippen LogP contribution in [0.1, 0.15) is 45.2 Å². The van der Waals surface area contributed by atoms with Crippen LogP contribution >= 0.6 is 11.6 Å². The quantitative estimate of drug-likeness (QED) is 0.612. The van der Waals surface area contributed by atoms with Crippen LogP contribution in [0.4, 0.5) is 11.8 Å². The summed E-state index contributed by atoms with van der Waals surface area (Å²) >= 11 is 6.00. The zero-order valence-corrected chi connectivity index (χ0v) is 18.4. The van der Waals surface area contributed by atoms with Crippen LogP contribution in [-0.2, 0) is 10.3 Å². The van der Waals surface area contributed by atoms with E-state index in [1.807, 2.05) is 52.3 Å². The fraction of sp³-hybridized carbons (Fsp3) is 0.391. The van der Waals surface area contributed by atoms with Crippen LogP contribution in [0.15, 0.2) is 49.1 Å². The summed E-state index contributed by atoms with van der Waals surface area (Å²) in [6, 6.07) is 9.66. The Labute approximate surface area is 186 Å². The molecule has 3 heterocycles. The molecule has 0 bridgehead atoms. The Morgan fingerprint density at radius 3 is 2.65 bits per heavy atom. The third-order valence-electron chi connectivity index (χ3n) is 6.21. The molecule has 1 aliphatic carbocycles. The zero-order chi connectivity index (χ0) is 21.6. The van der Waals surface area contributed by atoms with Crippen molar-refractivity contribution >= 4 is 29.3 Å². The van der Waals surface area contributed by atoms with E-state index < -0.39 is 0 Å². The van der Waals surface area contributed by atoms with Gasteiger partial charge < -0.3 is 9.88 Å². The lowest BCUT2D eigenvalue weighted by molar-refractivity contribution is -0.117. The zero-order valence-electron chi connectivity index (χ0n) is 17.6. The molecular formula is C23H25ClN6O. The first-order valence-electron chi connectivity index (χ1n) is 10.7. The number of carbonyl (C=O) groups excluding carboxylic acids is 1. The number of nitrogens with zero attached hydrogens (tertiary/aromatic N) is 5. The Balaban J connectivity index is 1.38. The second-order valence-electron chi connectivity index (χ2n) is 8.70. The number of anilines is 2. The lowest BCUT2D eigenvalue weighted by Crippen LogP contribution is -2.37. The number of hydrogen-bond donors (Lipinski definition) is 1. The van der Waals surface area contributed by atoms with Crippen molar-refractivity contribution in [3.05, 3.63) is 59.8 Å². The van der Waals surface area contributed by atoms with E-state index in [0.717, 1.165) is 30.6 Å². The van der Waals surface area contributed by atoms with Gasteiger partial charge in [-0.3, -0.25) is 9.69 Å². The second-order valence-corrected chi connectivity index (χ2v) is 9.14. The molecule has 1 saturated heterocycles. The number of hydrogen-bond acceptors (Lipinski definition) is 5. The fourth-order valence-electron chi connectivity index (χ4n) is 4.29. The van der Waals surface area contributed by atoms with E-state index in [9.17, 15) is 4.79 Å². The van der Waals surface area contributed by atoms with Gasteiger partial charge in [-0.25, -0.2) is 9.97 Å². The third kappa shape index (κ3) is 3.78. The van der Waals surface area contributed by atoms with Crippen LogP contribution in [0.3, 0.4) is 0 Å². The molecule has 1 amide bonds. The molecule has 8 heteroatoms. The summed E-state index contributed by atoms with van der Waals surface area (Å²) in [5.74, 6) is 1.70. The van der Waals surface area contributed by atoms with Gasteiger partial charge in [-0.05, 0) is 55.5 Å². The highest BCUT2D eigenvalue weighted by atomic mass is 35.5. The summed E-state index contributed by atoms with van der Waals surface area (Å²) in [5, 5.41) is 4.19. The smallest absolute Gasteiger partial charge is 0.228 e. The number of imidazole rings is 1. The summed E-state index contributed by atoms with van der Waals surface area (Å²) in [5.41, 5.74) is 1.68. The monoisotopic (exact) mass is 436 g/mol. The molecule has 0 radical (unpaired) electrons. The lowest BCUT2D eigenvalue weighted by Gasteiger charge is -2.27. The van der Waals surface area contributed by atoms with Gasteiger partial charge in [-0.1, -0.05) is 25.4 Å². The van der Waals surface area contributed by atoms with Gasteiger partial charge in [-0.15, -0.1) is 0 Å². The molecule has 1 atom stereocenters. The molecule has 0 spiro atoms. The molecule has 1 N–H and O–H groups in total. The van der Waals surface area contributed by atoms with E-state index in [0.29, 0.717) is 29.1 Å². The van der Waals surface area contributed by atoms with Crippen LogP contribution in [0.2, 0.25) is 5.02 Å². The Morgan fingerprint density at radius 2 is 1.94 bits per heavy atom. The first kappa shape index (κ1) is 20.0. The van der Waals surface area contributed by atoms with Gasteiger partial charge in [0.05, 0.1) is 17.6 Å². The molecule has 2 fully saturated rings. The highest BCUT2D eigenvalue weighted by Crippen LogP contribution is 2.47. The van der Waals surface area contributed by atoms with Gasteiger partial charge in [-0.2, -0.15) is 4.98 Å². The van der Waals surface area contributed by atoms with Crippen molar-refractivity contribution in [2.75, 3.05) is 10.2 Å². The largest absolute Gasteiger partial charge is 0.343 e. The molecular weight excluding hydrogens is 412 g/mol. The van der Waals surface area contributed by atoms with Crippen LogP contribution in [-0.4, -0.2) is 31.5 Å². The molecule has 1 aliphatic heterocycles. The van der Waals surface area contributed by atoms with Crippen molar-refractivity contribution < 1.29 is 4.79 Å². The van der Waals surface area contributed by atoms with Crippen molar-refractivity contribution in [3.8, 4) is 5.69 Å². The van der Waals surface area contributed by atoms with Crippen LogP contribution in [0.25, 0.3) is 5.69 Å². The minimum absolute atomic E-state index is 0.131.